The van der Waals surface area contributed by atoms with Crippen molar-refractivity contribution in [1.82, 2.24) is 5.32 Å². The zero-order valence-corrected chi connectivity index (χ0v) is 14.7. The highest BCUT2D eigenvalue weighted by Gasteiger charge is 2.30. The Morgan fingerprint density at radius 2 is 1.91 bits per heavy atom. The van der Waals surface area contributed by atoms with Crippen molar-refractivity contribution in [1.29, 1.82) is 0 Å². The first-order valence-corrected chi connectivity index (χ1v) is 7.55. The third-order valence-electron chi connectivity index (χ3n) is 4.36. The van der Waals surface area contributed by atoms with Crippen molar-refractivity contribution in [3.05, 3.63) is 35.6 Å². The van der Waals surface area contributed by atoms with Crippen LogP contribution >= 0.6 is 12.4 Å². The molecule has 22 heavy (non-hydrogen) atoms. The number of carbonyl (C=O) groups excluding carboxylic acids is 1. The van der Waals surface area contributed by atoms with Gasteiger partial charge in [0, 0.05) is 12.5 Å². The minimum atomic E-state index is -0.399. The summed E-state index contributed by atoms with van der Waals surface area (Å²) < 4.78 is 13.6. The van der Waals surface area contributed by atoms with Crippen molar-refractivity contribution in [3.63, 3.8) is 0 Å². The summed E-state index contributed by atoms with van der Waals surface area (Å²) in [5.74, 6) is -0.147. The summed E-state index contributed by atoms with van der Waals surface area (Å²) >= 11 is 0. The molecule has 126 valence electrons. The third-order valence-corrected chi connectivity index (χ3v) is 4.36. The van der Waals surface area contributed by atoms with Gasteiger partial charge in [-0.15, -0.1) is 12.4 Å². The Labute approximate surface area is 139 Å². The van der Waals surface area contributed by atoms with Gasteiger partial charge in [0.15, 0.2) is 0 Å². The lowest BCUT2D eigenvalue weighted by molar-refractivity contribution is -0.126. The number of hydrogen-bond donors (Lipinski definition) is 2. The standard InChI is InChI=1S/C17H27FN2O.ClH/c1-12(2)17(4,11-19)20-16(21)13(3)9-10-14-7-5-6-8-15(14)18;/h5-8,12-13H,9-11,19H2,1-4H3,(H,20,21);1H. The van der Waals surface area contributed by atoms with E-state index in [1.54, 1.807) is 12.1 Å². The van der Waals surface area contributed by atoms with Gasteiger partial charge >= 0.3 is 0 Å². The summed E-state index contributed by atoms with van der Waals surface area (Å²) in [6.07, 6.45) is 1.17. The molecule has 0 aliphatic heterocycles. The fourth-order valence-corrected chi connectivity index (χ4v) is 2.04. The Kier molecular flexibility index (Phi) is 8.64. The SMILES string of the molecule is CC(CCc1ccccc1F)C(=O)NC(C)(CN)C(C)C.Cl. The molecule has 0 saturated carbocycles. The lowest BCUT2D eigenvalue weighted by Gasteiger charge is -2.34. The molecular formula is C17H28ClFN2O. The van der Waals surface area contributed by atoms with Crippen LogP contribution in [0, 0.1) is 17.7 Å². The molecule has 0 aliphatic rings. The summed E-state index contributed by atoms with van der Waals surface area (Å²) in [7, 11) is 0. The van der Waals surface area contributed by atoms with Crippen molar-refractivity contribution < 1.29 is 9.18 Å². The molecule has 0 heterocycles. The second-order valence-corrected chi connectivity index (χ2v) is 6.30. The Hall–Kier alpha value is -1.13. The van der Waals surface area contributed by atoms with Crippen LogP contribution in [0.1, 0.15) is 39.7 Å². The van der Waals surface area contributed by atoms with E-state index in [1.807, 2.05) is 33.8 Å². The van der Waals surface area contributed by atoms with Crippen molar-refractivity contribution in [2.24, 2.45) is 17.6 Å². The van der Waals surface area contributed by atoms with E-state index in [0.29, 0.717) is 24.9 Å². The second kappa shape index (κ2) is 9.11. The molecule has 1 aromatic carbocycles. The molecule has 0 spiro atoms. The smallest absolute Gasteiger partial charge is 0.223 e. The van der Waals surface area contributed by atoms with Crippen molar-refractivity contribution in [2.45, 2.75) is 46.1 Å². The monoisotopic (exact) mass is 330 g/mol. The molecule has 3 N–H and O–H groups in total. The van der Waals surface area contributed by atoms with Crippen molar-refractivity contribution >= 4 is 18.3 Å². The zero-order valence-electron chi connectivity index (χ0n) is 13.9. The van der Waals surface area contributed by atoms with Gasteiger partial charge in [-0.25, -0.2) is 4.39 Å². The number of nitrogens with one attached hydrogen (secondary N) is 1. The summed E-state index contributed by atoms with van der Waals surface area (Å²) in [5, 5.41) is 3.04. The number of aryl methyl sites for hydroxylation is 1. The third kappa shape index (κ3) is 5.58. The molecule has 2 atom stereocenters. The van der Waals surface area contributed by atoms with Crippen LogP contribution in [0.3, 0.4) is 0 Å². The van der Waals surface area contributed by atoms with E-state index >= 15 is 0 Å². The summed E-state index contributed by atoms with van der Waals surface area (Å²) in [4.78, 5) is 12.3. The van der Waals surface area contributed by atoms with E-state index in [0.717, 1.165) is 0 Å². The first kappa shape index (κ1) is 20.9. The van der Waals surface area contributed by atoms with E-state index in [4.69, 9.17) is 5.73 Å². The molecule has 3 nitrogen and oxygen atoms in total. The van der Waals surface area contributed by atoms with Crippen LogP contribution in [-0.2, 0) is 11.2 Å². The molecule has 0 aromatic heterocycles. The number of benzene rings is 1. The summed E-state index contributed by atoms with van der Waals surface area (Å²) in [6.45, 7) is 8.30. The molecular weight excluding hydrogens is 303 g/mol. The Bertz CT molecular complexity index is 481. The minimum absolute atomic E-state index is 0. The van der Waals surface area contributed by atoms with Crippen molar-refractivity contribution in [3.8, 4) is 0 Å². The molecule has 1 rings (SSSR count). The predicted octanol–water partition coefficient (Wildman–Crippen LogP) is 3.31. The van der Waals surface area contributed by atoms with Crippen LogP contribution in [0.15, 0.2) is 24.3 Å². The molecule has 1 aromatic rings. The van der Waals surface area contributed by atoms with Gasteiger partial charge in [0.2, 0.25) is 5.91 Å². The highest BCUT2D eigenvalue weighted by atomic mass is 35.5. The maximum atomic E-state index is 13.6. The average Bonchev–Trinajstić information content (AvgIpc) is 2.45. The quantitative estimate of drug-likeness (QED) is 0.806. The fraction of sp³-hybridized carbons (Fsp3) is 0.588. The zero-order chi connectivity index (χ0) is 16.0. The number of halogens is 2. The Balaban J connectivity index is 0.00000441. The number of rotatable bonds is 7. The van der Waals surface area contributed by atoms with E-state index in [9.17, 15) is 9.18 Å². The second-order valence-electron chi connectivity index (χ2n) is 6.30. The molecule has 5 heteroatoms. The molecule has 0 aliphatic carbocycles. The molecule has 0 bridgehead atoms. The molecule has 1 amide bonds. The number of nitrogens with two attached hydrogens (primary N) is 1. The van der Waals surface area contributed by atoms with Gasteiger partial charge in [-0.1, -0.05) is 39.0 Å². The van der Waals surface area contributed by atoms with Crippen LogP contribution in [-0.4, -0.2) is 18.0 Å². The summed E-state index contributed by atoms with van der Waals surface area (Å²) in [5.41, 5.74) is 6.03. The molecule has 0 saturated heterocycles. The fourth-order valence-electron chi connectivity index (χ4n) is 2.04. The minimum Gasteiger partial charge on any atom is -0.349 e. The average molecular weight is 331 g/mol. The topological polar surface area (TPSA) is 55.1 Å². The maximum Gasteiger partial charge on any atom is 0.223 e. The molecule has 0 fully saturated rings. The lowest BCUT2D eigenvalue weighted by Crippen LogP contribution is -2.56. The lowest BCUT2D eigenvalue weighted by atomic mass is 9.87. The largest absolute Gasteiger partial charge is 0.349 e. The van der Waals surface area contributed by atoms with Crippen LogP contribution < -0.4 is 11.1 Å². The summed E-state index contributed by atoms with van der Waals surface area (Å²) in [6, 6.07) is 6.69. The van der Waals surface area contributed by atoms with Crippen LogP contribution in [0.4, 0.5) is 4.39 Å². The first-order valence-electron chi connectivity index (χ1n) is 7.55. The van der Waals surface area contributed by atoms with Crippen molar-refractivity contribution in [2.75, 3.05) is 6.54 Å². The van der Waals surface area contributed by atoms with Gasteiger partial charge < -0.3 is 11.1 Å². The van der Waals surface area contributed by atoms with E-state index in [2.05, 4.69) is 5.32 Å². The number of amides is 1. The number of hydrogen-bond acceptors (Lipinski definition) is 2. The van der Waals surface area contributed by atoms with Gasteiger partial charge in [-0.05, 0) is 37.3 Å². The van der Waals surface area contributed by atoms with Gasteiger partial charge in [-0.3, -0.25) is 4.79 Å². The van der Waals surface area contributed by atoms with E-state index < -0.39 is 5.54 Å². The van der Waals surface area contributed by atoms with Gasteiger partial charge in [0.1, 0.15) is 5.82 Å². The first-order chi connectivity index (χ1) is 9.80. The van der Waals surface area contributed by atoms with Crippen LogP contribution in [0.5, 0.6) is 0 Å². The van der Waals surface area contributed by atoms with Gasteiger partial charge in [0.25, 0.3) is 0 Å². The maximum absolute atomic E-state index is 13.6. The Morgan fingerprint density at radius 1 is 1.32 bits per heavy atom. The highest BCUT2D eigenvalue weighted by Crippen LogP contribution is 2.18. The van der Waals surface area contributed by atoms with Crippen LogP contribution in [0.2, 0.25) is 0 Å². The molecule has 0 radical (unpaired) electrons. The van der Waals surface area contributed by atoms with Gasteiger partial charge in [-0.2, -0.15) is 0 Å². The van der Waals surface area contributed by atoms with Gasteiger partial charge in [0.05, 0.1) is 5.54 Å². The Morgan fingerprint density at radius 3 is 2.41 bits per heavy atom. The normalized spacial score (nSPS) is 14.9. The van der Waals surface area contributed by atoms with Crippen LogP contribution in [0.25, 0.3) is 0 Å². The molecule has 2 unspecified atom stereocenters. The highest BCUT2D eigenvalue weighted by molar-refractivity contribution is 5.85. The number of carbonyl (C=O) groups is 1. The van der Waals surface area contributed by atoms with E-state index in [1.165, 1.54) is 6.07 Å². The van der Waals surface area contributed by atoms with E-state index in [-0.39, 0.29) is 36.0 Å². The predicted molar refractivity (Wildman–Crippen MR) is 91.6 cm³/mol.